The van der Waals surface area contributed by atoms with Crippen LogP contribution in [0, 0.1) is 6.92 Å². The van der Waals surface area contributed by atoms with Crippen LogP contribution in [0.1, 0.15) is 27.8 Å². The highest BCUT2D eigenvalue weighted by atomic mass is 16.5. The van der Waals surface area contributed by atoms with Crippen LogP contribution in [0.2, 0.25) is 0 Å². The van der Waals surface area contributed by atoms with Crippen molar-refractivity contribution in [3.05, 3.63) is 71.8 Å². The van der Waals surface area contributed by atoms with Gasteiger partial charge in [-0.1, -0.05) is 29.8 Å². The summed E-state index contributed by atoms with van der Waals surface area (Å²) in [7, 11) is 1.60. The fourth-order valence-electron chi connectivity index (χ4n) is 3.65. The molecule has 0 radical (unpaired) electrons. The van der Waals surface area contributed by atoms with Gasteiger partial charge in [-0.3, -0.25) is 4.79 Å². The number of aromatic nitrogens is 3. The van der Waals surface area contributed by atoms with Gasteiger partial charge in [-0.05, 0) is 36.8 Å². The van der Waals surface area contributed by atoms with E-state index in [1.54, 1.807) is 36.3 Å². The first-order chi connectivity index (χ1) is 15.0. The molecule has 1 aliphatic heterocycles. The van der Waals surface area contributed by atoms with E-state index in [0.717, 1.165) is 24.4 Å². The third kappa shape index (κ3) is 4.86. The molecule has 8 nitrogen and oxygen atoms in total. The van der Waals surface area contributed by atoms with E-state index in [4.69, 9.17) is 4.74 Å². The molecule has 1 aliphatic rings. The number of hydrogen-bond acceptors (Lipinski definition) is 6. The molecule has 31 heavy (non-hydrogen) atoms. The average Bonchev–Trinajstić information content (AvgIpc) is 3.27. The fourth-order valence-corrected chi connectivity index (χ4v) is 3.65. The summed E-state index contributed by atoms with van der Waals surface area (Å²) in [6, 6.07) is 15.6. The quantitative estimate of drug-likeness (QED) is 0.658. The van der Waals surface area contributed by atoms with Crippen molar-refractivity contribution in [1.29, 1.82) is 0 Å². The highest BCUT2D eigenvalue weighted by molar-refractivity contribution is 5.90. The van der Waals surface area contributed by atoms with Crippen molar-refractivity contribution in [2.24, 2.45) is 0 Å². The molecular formula is C23H27N5O3. The monoisotopic (exact) mass is 421 g/mol. The summed E-state index contributed by atoms with van der Waals surface area (Å²) >= 11 is 0. The second-order valence-corrected chi connectivity index (χ2v) is 7.69. The van der Waals surface area contributed by atoms with Gasteiger partial charge in [0.15, 0.2) is 0 Å². The molecule has 0 spiro atoms. The van der Waals surface area contributed by atoms with Gasteiger partial charge < -0.3 is 19.6 Å². The minimum Gasteiger partial charge on any atom is -0.497 e. The molecule has 1 saturated heterocycles. The van der Waals surface area contributed by atoms with E-state index < -0.39 is 6.10 Å². The van der Waals surface area contributed by atoms with Crippen LogP contribution in [0.4, 0.5) is 5.69 Å². The number of aryl methyl sites for hydroxylation is 1. The Morgan fingerprint density at radius 1 is 1.06 bits per heavy atom. The number of rotatable bonds is 6. The van der Waals surface area contributed by atoms with E-state index in [9.17, 15) is 9.90 Å². The molecule has 8 heteroatoms. The van der Waals surface area contributed by atoms with Crippen LogP contribution in [0.3, 0.4) is 0 Å². The van der Waals surface area contributed by atoms with Crippen molar-refractivity contribution in [3.63, 3.8) is 0 Å². The highest BCUT2D eigenvalue weighted by Crippen LogP contribution is 2.20. The number of methoxy groups -OCH3 is 1. The molecule has 1 fully saturated rings. The van der Waals surface area contributed by atoms with Gasteiger partial charge in [-0.15, -0.1) is 5.10 Å². The maximum atomic E-state index is 12.8. The molecule has 1 atom stereocenters. The van der Waals surface area contributed by atoms with Gasteiger partial charge in [0, 0.05) is 31.9 Å². The number of anilines is 1. The van der Waals surface area contributed by atoms with Gasteiger partial charge in [0.05, 0.1) is 19.8 Å². The Bertz CT molecular complexity index is 1010. The summed E-state index contributed by atoms with van der Waals surface area (Å²) in [5.74, 6) is 0.707. The van der Waals surface area contributed by atoms with Crippen LogP contribution >= 0.6 is 0 Å². The Balaban J connectivity index is 1.33. The van der Waals surface area contributed by atoms with E-state index in [-0.39, 0.29) is 18.3 Å². The van der Waals surface area contributed by atoms with Gasteiger partial charge in [0.1, 0.15) is 12.1 Å². The summed E-state index contributed by atoms with van der Waals surface area (Å²) in [6.45, 7) is 5.07. The van der Waals surface area contributed by atoms with Crippen LogP contribution < -0.4 is 9.64 Å². The van der Waals surface area contributed by atoms with Crippen LogP contribution in [0.15, 0.2) is 54.9 Å². The molecule has 1 aromatic heterocycles. The zero-order valence-electron chi connectivity index (χ0n) is 17.8. The number of nitrogens with zero attached hydrogens (tertiary/aromatic N) is 5. The molecule has 2 heterocycles. The molecule has 0 saturated carbocycles. The van der Waals surface area contributed by atoms with Crippen LogP contribution in [0.25, 0.3) is 0 Å². The van der Waals surface area contributed by atoms with Gasteiger partial charge in [0.25, 0.3) is 5.91 Å². The van der Waals surface area contributed by atoms with Gasteiger partial charge in [0.2, 0.25) is 5.82 Å². The summed E-state index contributed by atoms with van der Waals surface area (Å²) in [5.41, 5.74) is 3.15. The van der Waals surface area contributed by atoms with Crippen molar-refractivity contribution in [1.82, 2.24) is 19.7 Å². The Morgan fingerprint density at radius 3 is 2.39 bits per heavy atom. The Labute approximate surface area is 181 Å². The molecule has 4 rings (SSSR count). The largest absolute Gasteiger partial charge is 0.497 e. The van der Waals surface area contributed by atoms with E-state index >= 15 is 0 Å². The maximum absolute atomic E-state index is 12.8. The Hall–Kier alpha value is -3.39. The van der Waals surface area contributed by atoms with Crippen molar-refractivity contribution in [3.8, 4) is 5.75 Å². The molecule has 1 unspecified atom stereocenters. The zero-order valence-corrected chi connectivity index (χ0v) is 17.8. The van der Waals surface area contributed by atoms with E-state index in [2.05, 4.69) is 46.2 Å². The minimum atomic E-state index is -0.756. The summed E-state index contributed by atoms with van der Waals surface area (Å²) in [4.78, 5) is 21.0. The Morgan fingerprint density at radius 2 is 1.74 bits per heavy atom. The summed E-state index contributed by atoms with van der Waals surface area (Å²) in [6.07, 6.45) is 0.733. The van der Waals surface area contributed by atoms with Crippen LogP contribution in [-0.4, -0.2) is 64.0 Å². The van der Waals surface area contributed by atoms with Crippen LogP contribution in [-0.2, 0) is 6.54 Å². The molecule has 162 valence electrons. The smallest absolute Gasteiger partial charge is 0.293 e. The van der Waals surface area contributed by atoms with Crippen LogP contribution in [0.5, 0.6) is 5.75 Å². The predicted octanol–water partition coefficient (Wildman–Crippen LogP) is 2.29. The lowest BCUT2D eigenvalue weighted by molar-refractivity contribution is 0.0733. The maximum Gasteiger partial charge on any atom is 0.293 e. The number of benzene rings is 2. The first-order valence-corrected chi connectivity index (χ1v) is 10.4. The number of piperazine rings is 1. The zero-order chi connectivity index (χ0) is 21.8. The number of amides is 1. The molecule has 2 aromatic carbocycles. The van der Waals surface area contributed by atoms with Crippen molar-refractivity contribution < 1.29 is 14.6 Å². The highest BCUT2D eigenvalue weighted by Gasteiger charge is 2.25. The second kappa shape index (κ2) is 9.18. The van der Waals surface area contributed by atoms with E-state index in [1.165, 1.54) is 22.3 Å². The lowest BCUT2D eigenvalue weighted by atomic mass is 10.1. The number of ether oxygens (including phenoxy) is 1. The number of hydrogen-bond donors (Lipinski definition) is 1. The summed E-state index contributed by atoms with van der Waals surface area (Å²) in [5, 5.41) is 14.7. The standard InChI is InChI=1S/C23H27N5O3/c1-17-3-7-19(8-4-17)26-11-13-27(14-12-26)23(30)22-24-16-28(25-22)15-21(29)18-5-9-20(31-2)10-6-18/h3-10,16,21,29H,11-15H2,1-2H3. The lowest BCUT2D eigenvalue weighted by Gasteiger charge is -2.35. The third-order valence-corrected chi connectivity index (χ3v) is 5.55. The van der Waals surface area contributed by atoms with Gasteiger partial charge in [-0.2, -0.15) is 0 Å². The molecule has 1 N–H and O–H groups in total. The SMILES string of the molecule is COc1ccc(C(O)Cn2cnc(C(=O)N3CCN(c4ccc(C)cc4)CC3)n2)cc1. The molecule has 0 aliphatic carbocycles. The van der Waals surface area contributed by atoms with Gasteiger partial charge >= 0.3 is 0 Å². The normalized spacial score (nSPS) is 15.1. The molecular weight excluding hydrogens is 394 g/mol. The van der Waals surface area contributed by atoms with E-state index in [1.807, 2.05) is 0 Å². The molecule has 3 aromatic rings. The van der Waals surface area contributed by atoms with Crippen molar-refractivity contribution in [2.75, 3.05) is 38.2 Å². The lowest BCUT2D eigenvalue weighted by Crippen LogP contribution is -2.49. The Kier molecular flexibility index (Phi) is 6.18. The predicted molar refractivity (Wildman–Crippen MR) is 117 cm³/mol. The van der Waals surface area contributed by atoms with Gasteiger partial charge in [-0.25, -0.2) is 9.67 Å². The topological polar surface area (TPSA) is 83.7 Å². The number of aliphatic hydroxyl groups is 1. The first kappa shape index (κ1) is 20.9. The number of carbonyl (C=O) groups is 1. The van der Waals surface area contributed by atoms with Crippen molar-refractivity contribution >= 4 is 11.6 Å². The molecule has 0 bridgehead atoms. The minimum absolute atomic E-state index is 0.158. The first-order valence-electron chi connectivity index (χ1n) is 10.4. The second-order valence-electron chi connectivity index (χ2n) is 7.69. The number of carbonyl (C=O) groups excluding carboxylic acids is 1. The van der Waals surface area contributed by atoms with Crippen molar-refractivity contribution in [2.45, 2.75) is 19.6 Å². The van der Waals surface area contributed by atoms with E-state index in [0.29, 0.717) is 13.1 Å². The fraction of sp³-hybridized carbons (Fsp3) is 0.348. The average molecular weight is 422 g/mol. The summed E-state index contributed by atoms with van der Waals surface area (Å²) < 4.78 is 6.64. The third-order valence-electron chi connectivity index (χ3n) is 5.55. The molecule has 1 amide bonds. The number of aliphatic hydroxyl groups excluding tert-OH is 1.